The number of fused-ring (bicyclic) bond motifs is 1. The van der Waals surface area contributed by atoms with Crippen molar-refractivity contribution >= 4 is 52.1 Å². The highest BCUT2D eigenvalue weighted by molar-refractivity contribution is 6.39. The molecule has 0 aliphatic rings. The number of aromatic amines is 1. The standard InChI is InChI=1S/C14H11Cl2NO4/c1-2-21-14(20)13-8(3-4-11(18)19)12-9(16)5-7(15)6-10(12)17-13/h3-6,17H,2H2,1H3,(H,18,19). The number of aliphatic carboxylic acids is 1. The second kappa shape index (κ2) is 6.20. The number of carboxylic acids is 1. The molecule has 5 nitrogen and oxygen atoms in total. The van der Waals surface area contributed by atoms with Crippen LogP contribution in [0.25, 0.3) is 17.0 Å². The lowest BCUT2D eigenvalue weighted by Gasteiger charge is -2.01. The Balaban J connectivity index is 2.71. The Bertz CT molecular complexity index is 749. The molecule has 0 fully saturated rings. The van der Waals surface area contributed by atoms with Crippen LogP contribution in [0.3, 0.4) is 0 Å². The maximum absolute atomic E-state index is 12.0. The van der Waals surface area contributed by atoms with Crippen LogP contribution in [-0.4, -0.2) is 28.6 Å². The molecule has 2 rings (SSSR count). The van der Waals surface area contributed by atoms with Crippen molar-refractivity contribution in [2.75, 3.05) is 6.61 Å². The van der Waals surface area contributed by atoms with Crippen LogP contribution in [0.1, 0.15) is 23.0 Å². The van der Waals surface area contributed by atoms with E-state index in [1.807, 2.05) is 0 Å². The number of carbonyl (C=O) groups excluding carboxylic acids is 1. The summed E-state index contributed by atoms with van der Waals surface area (Å²) in [6.45, 7) is 1.88. The average molecular weight is 328 g/mol. The van der Waals surface area contributed by atoms with E-state index in [-0.39, 0.29) is 12.3 Å². The first kappa shape index (κ1) is 15.4. The highest BCUT2D eigenvalue weighted by Crippen LogP contribution is 2.33. The van der Waals surface area contributed by atoms with Crippen LogP contribution in [0.15, 0.2) is 18.2 Å². The van der Waals surface area contributed by atoms with Gasteiger partial charge in [0.2, 0.25) is 0 Å². The lowest BCUT2D eigenvalue weighted by atomic mass is 10.1. The van der Waals surface area contributed by atoms with Crippen LogP contribution < -0.4 is 0 Å². The molecule has 0 saturated heterocycles. The fourth-order valence-corrected chi connectivity index (χ4v) is 2.55. The molecule has 110 valence electrons. The number of aromatic nitrogens is 1. The second-order valence-electron chi connectivity index (χ2n) is 4.12. The van der Waals surface area contributed by atoms with Crippen LogP contribution in [-0.2, 0) is 9.53 Å². The Labute approximate surface area is 130 Å². The van der Waals surface area contributed by atoms with Gasteiger partial charge in [0.05, 0.1) is 11.6 Å². The van der Waals surface area contributed by atoms with Crippen LogP contribution in [0, 0.1) is 0 Å². The van der Waals surface area contributed by atoms with E-state index in [4.69, 9.17) is 33.0 Å². The van der Waals surface area contributed by atoms with Gasteiger partial charge in [0, 0.05) is 27.6 Å². The number of benzene rings is 1. The Hall–Kier alpha value is -1.98. The first-order chi connectivity index (χ1) is 9.93. The SMILES string of the molecule is CCOC(=O)c1[nH]c2cc(Cl)cc(Cl)c2c1C=CC(=O)O. The van der Waals surface area contributed by atoms with Gasteiger partial charge in [-0.15, -0.1) is 0 Å². The van der Waals surface area contributed by atoms with E-state index in [0.717, 1.165) is 6.08 Å². The van der Waals surface area contributed by atoms with Crippen molar-refractivity contribution in [2.45, 2.75) is 6.92 Å². The van der Waals surface area contributed by atoms with Crippen molar-refractivity contribution < 1.29 is 19.4 Å². The Morgan fingerprint density at radius 1 is 1.38 bits per heavy atom. The van der Waals surface area contributed by atoms with Crippen molar-refractivity contribution in [1.82, 2.24) is 4.98 Å². The minimum absolute atomic E-state index is 0.133. The van der Waals surface area contributed by atoms with E-state index in [9.17, 15) is 9.59 Å². The zero-order valence-corrected chi connectivity index (χ0v) is 12.5. The molecule has 2 N–H and O–H groups in total. The number of H-pyrrole nitrogens is 1. The fourth-order valence-electron chi connectivity index (χ4n) is 1.96. The Morgan fingerprint density at radius 3 is 2.71 bits per heavy atom. The fraction of sp³-hybridized carbons (Fsp3) is 0.143. The van der Waals surface area contributed by atoms with Gasteiger partial charge in [-0.2, -0.15) is 0 Å². The first-order valence-electron chi connectivity index (χ1n) is 6.03. The summed E-state index contributed by atoms with van der Waals surface area (Å²) in [7, 11) is 0. The van der Waals surface area contributed by atoms with E-state index in [1.54, 1.807) is 13.0 Å². The van der Waals surface area contributed by atoms with Crippen molar-refractivity contribution in [3.8, 4) is 0 Å². The largest absolute Gasteiger partial charge is 0.478 e. The van der Waals surface area contributed by atoms with Crippen molar-refractivity contribution in [3.63, 3.8) is 0 Å². The number of nitrogens with one attached hydrogen (secondary N) is 1. The lowest BCUT2D eigenvalue weighted by molar-refractivity contribution is -0.131. The van der Waals surface area contributed by atoms with Crippen molar-refractivity contribution in [1.29, 1.82) is 0 Å². The predicted octanol–water partition coefficient (Wildman–Crippen LogP) is 3.75. The summed E-state index contributed by atoms with van der Waals surface area (Å²) in [5.74, 6) is -1.73. The molecule has 1 aromatic heterocycles. The highest BCUT2D eigenvalue weighted by Gasteiger charge is 2.19. The Morgan fingerprint density at radius 2 is 2.10 bits per heavy atom. The Kier molecular flexibility index (Phi) is 4.55. The normalized spacial score (nSPS) is 11.2. The molecule has 0 amide bonds. The molecular weight excluding hydrogens is 317 g/mol. The minimum atomic E-state index is -1.13. The van der Waals surface area contributed by atoms with E-state index in [1.165, 1.54) is 12.1 Å². The summed E-state index contributed by atoms with van der Waals surface area (Å²) in [5, 5.41) is 9.99. The monoisotopic (exact) mass is 327 g/mol. The zero-order chi connectivity index (χ0) is 15.6. The number of hydrogen-bond donors (Lipinski definition) is 2. The maximum Gasteiger partial charge on any atom is 0.355 e. The van der Waals surface area contributed by atoms with Gasteiger partial charge in [-0.1, -0.05) is 23.2 Å². The number of carbonyl (C=O) groups is 2. The number of esters is 1. The minimum Gasteiger partial charge on any atom is -0.478 e. The van der Waals surface area contributed by atoms with Gasteiger partial charge in [-0.05, 0) is 25.1 Å². The molecule has 21 heavy (non-hydrogen) atoms. The summed E-state index contributed by atoms with van der Waals surface area (Å²) in [5.41, 5.74) is 1.02. The zero-order valence-electron chi connectivity index (χ0n) is 10.9. The molecule has 0 aliphatic heterocycles. The molecular formula is C14H11Cl2NO4. The molecule has 0 atom stereocenters. The molecule has 0 radical (unpaired) electrons. The summed E-state index contributed by atoms with van der Waals surface area (Å²) in [6.07, 6.45) is 2.23. The van der Waals surface area contributed by atoms with Crippen LogP contribution >= 0.6 is 23.2 Å². The van der Waals surface area contributed by atoms with Crippen LogP contribution in [0.2, 0.25) is 10.0 Å². The topological polar surface area (TPSA) is 79.4 Å². The third-order valence-electron chi connectivity index (χ3n) is 2.73. The van der Waals surface area contributed by atoms with E-state index < -0.39 is 11.9 Å². The molecule has 2 aromatic rings. The molecule has 0 aliphatic carbocycles. The number of hydrogen-bond acceptors (Lipinski definition) is 3. The number of rotatable bonds is 4. The van der Waals surface area contributed by atoms with Gasteiger partial charge in [-0.3, -0.25) is 0 Å². The van der Waals surface area contributed by atoms with Gasteiger partial charge in [0.15, 0.2) is 0 Å². The summed E-state index contributed by atoms with van der Waals surface area (Å²) in [6, 6.07) is 3.12. The third-order valence-corrected chi connectivity index (χ3v) is 3.24. The summed E-state index contributed by atoms with van der Waals surface area (Å²) >= 11 is 12.1. The van der Waals surface area contributed by atoms with E-state index in [0.29, 0.717) is 26.5 Å². The van der Waals surface area contributed by atoms with E-state index >= 15 is 0 Å². The first-order valence-corrected chi connectivity index (χ1v) is 6.78. The van der Waals surface area contributed by atoms with Crippen LogP contribution in [0.5, 0.6) is 0 Å². The summed E-state index contributed by atoms with van der Waals surface area (Å²) < 4.78 is 4.95. The number of ether oxygens (including phenoxy) is 1. The van der Waals surface area contributed by atoms with Crippen LogP contribution in [0.4, 0.5) is 0 Å². The second-order valence-corrected chi connectivity index (χ2v) is 4.96. The molecule has 1 aromatic carbocycles. The third kappa shape index (κ3) is 3.20. The molecule has 0 saturated carbocycles. The molecule has 0 spiro atoms. The molecule has 0 unspecified atom stereocenters. The maximum atomic E-state index is 12.0. The molecule has 7 heteroatoms. The smallest absolute Gasteiger partial charge is 0.355 e. The molecule has 1 heterocycles. The average Bonchev–Trinajstić information content (AvgIpc) is 2.75. The van der Waals surface area contributed by atoms with Gasteiger partial charge < -0.3 is 14.8 Å². The number of carboxylic acid groups (broad SMARTS) is 1. The van der Waals surface area contributed by atoms with Gasteiger partial charge in [0.1, 0.15) is 5.69 Å². The van der Waals surface area contributed by atoms with E-state index in [2.05, 4.69) is 4.98 Å². The quantitative estimate of drug-likeness (QED) is 0.662. The van der Waals surface area contributed by atoms with Crippen molar-refractivity contribution in [2.24, 2.45) is 0 Å². The van der Waals surface area contributed by atoms with Gasteiger partial charge in [-0.25, -0.2) is 9.59 Å². The lowest BCUT2D eigenvalue weighted by Crippen LogP contribution is -2.06. The highest BCUT2D eigenvalue weighted by atomic mass is 35.5. The van der Waals surface area contributed by atoms with Gasteiger partial charge in [0.25, 0.3) is 0 Å². The predicted molar refractivity (Wildman–Crippen MR) is 80.9 cm³/mol. The number of halogens is 2. The van der Waals surface area contributed by atoms with Gasteiger partial charge >= 0.3 is 11.9 Å². The summed E-state index contributed by atoms with van der Waals surface area (Å²) in [4.78, 5) is 25.5. The molecule has 0 bridgehead atoms. The van der Waals surface area contributed by atoms with Crippen molar-refractivity contribution in [3.05, 3.63) is 39.5 Å².